The summed E-state index contributed by atoms with van der Waals surface area (Å²) in [6.45, 7) is 3.87. The zero-order chi connectivity index (χ0) is 15.9. The van der Waals surface area contributed by atoms with E-state index in [1.807, 2.05) is 19.1 Å². The molecule has 0 aromatic heterocycles. The number of amides is 1. The molecule has 1 rings (SSSR count). The molecule has 21 heavy (non-hydrogen) atoms. The summed E-state index contributed by atoms with van der Waals surface area (Å²) in [5.74, 6) is 0.725. The molecule has 0 fully saturated rings. The fourth-order valence-electron chi connectivity index (χ4n) is 1.71. The van der Waals surface area contributed by atoms with Gasteiger partial charge in [0.25, 0.3) is 0 Å². The molecule has 6 nitrogen and oxygen atoms in total. The number of methoxy groups -OCH3 is 1. The number of aliphatic hydroxyl groups is 1. The highest BCUT2D eigenvalue weighted by Gasteiger charge is 2.28. The molecule has 0 radical (unpaired) electrons. The fraction of sp³-hybridized carbons (Fsp3) is 0.533. The molecule has 0 heterocycles. The van der Waals surface area contributed by atoms with Crippen molar-refractivity contribution >= 4 is 5.91 Å². The van der Waals surface area contributed by atoms with Crippen LogP contribution >= 0.6 is 0 Å². The van der Waals surface area contributed by atoms with Gasteiger partial charge < -0.3 is 25.6 Å². The Kier molecular flexibility index (Phi) is 6.45. The van der Waals surface area contributed by atoms with Crippen molar-refractivity contribution in [2.75, 3.05) is 20.3 Å². The number of para-hydroxylation sites is 2. The van der Waals surface area contributed by atoms with E-state index in [1.165, 1.54) is 0 Å². The first-order valence-corrected chi connectivity index (χ1v) is 6.91. The number of nitrogens with one attached hydrogen (secondary N) is 1. The van der Waals surface area contributed by atoms with Gasteiger partial charge in [-0.15, -0.1) is 0 Å². The molecule has 4 N–H and O–H groups in total. The van der Waals surface area contributed by atoms with Crippen LogP contribution in [0.15, 0.2) is 24.3 Å². The largest absolute Gasteiger partial charge is 0.493 e. The normalized spacial score (nSPS) is 15.0. The molecular weight excluding hydrogens is 272 g/mol. The van der Waals surface area contributed by atoms with Gasteiger partial charge in [-0.3, -0.25) is 4.79 Å². The summed E-state index contributed by atoms with van der Waals surface area (Å²) >= 11 is 0. The van der Waals surface area contributed by atoms with Crippen molar-refractivity contribution in [3.05, 3.63) is 24.3 Å². The lowest BCUT2D eigenvalue weighted by molar-refractivity contribution is -0.124. The minimum absolute atomic E-state index is 0.0892. The Morgan fingerprint density at radius 1 is 1.43 bits per heavy atom. The molecule has 2 atom stereocenters. The summed E-state index contributed by atoms with van der Waals surface area (Å²) in [5.41, 5.74) is 4.51. The van der Waals surface area contributed by atoms with Crippen LogP contribution in [0, 0.1) is 0 Å². The van der Waals surface area contributed by atoms with Crippen molar-refractivity contribution in [3.63, 3.8) is 0 Å². The lowest BCUT2D eigenvalue weighted by Gasteiger charge is -2.27. The molecular formula is C15H24N2O4. The Labute approximate surface area is 125 Å². The highest BCUT2D eigenvalue weighted by molar-refractivity contribution is 5.84. The molecule has 0 spiro atoms. The maximum atomic E-state index is 11.4. The highest BCUT2D eigenvalue weighted by Crippen LogP contribution is 2.25. The van der Waals surface area contributed by atoms with Crippen LogP contribution < -0.4 is 20.5 Å². The van der Waals surface area contributed by atoms with Crippen LogP contribution in [0.4, 0.5) is 0 Å². The SMILES string of the molecule is CCC(C)(NCC(O)COc1ccccc1OC)C(N)=O. The van der Waals surface area contributed by atoms with E-state index in [4.69, 9.17) is 15.2 Å². The number of nitrogens with two attached hydrogens (primary N) is 1. The molecule has 0 aliphatic heterocycles. The second kappa shape index (κ2) is 7.85. The van der Waals surface area contributed by atoms with Crippen LogP contribution in [0.25, 0.3) is 0 Å². The molecule has 1 aromatic rings. The summed E-state index contributed by atoms with van der Waals surface area (Å²) in [7, 11) is 1.56. The Morgan fingerprint density at radius 2 is 2.05 bits per heavy atom. The third kappa shape index (κ3) is 4.91. The zero-order valence-corrected chi connectivity index (χ0v) is 12.8. The van der Waals surface area contributed by atoms with Crippen molar-refractivity contribution in [1.82, 2.24) is 5.32 Å². The summed E-state index contributed by atoms with van der Waals surface area (Å²) in [6.07, 6.45) is -0.220. The van der Waals surface area contributed by atoms with Gasteiger partial charge in [-0.05, 0) is 25.5 Å². The molecule has 1 aromatic carbocycles. The molecule has 0 saturated carbocycles. The summed E-state index contributed by atoms with van der Waals surface area (Å²) in [5, 5.41) is 12.9. The number of hydrogen-bond acceptors (Lipinski definition) is 5. The maximum absolute atomic E-state index is 11.4. The van der Waals surface area contributed by atoms with E-state index in [0.29, 0.717) is 17.9 Å². The molecule has 2 unspecified atom stereocenters. The van der Waals surface area contributed by atoms with E-state index < -0.39 is 17.6 Å². The first kappa shape index (κ1) is 17.3. The third-order valence-electron chi connectivity index (χ3n) is 3.48. The van der Waals surface area contributed by atoms with Crippen LogP contribution in [0.2, 0.25) is 0 Å². The van der Waals surface area contributed by atoms with Gasteiger partial charge >= 0.3 is 0 Å². The fourth-order valence-corrected chi connectivity index (χ4v) is 1.71. The second-order valence-corrected chi connectivity index (χ2v) is 5.05. The van der Waals surface area contributed by atoms with Gasteiger partial charge in [0.1, 0.15) is 12.7 Å². The highest BCUT2D eigenvalue weighted by atomic mass is 16.5. The molecule has 0 aliphatic carbocycles. The number of β-amino-alcohol motifs (C(OH)–C–C–N with tert-alkyl or cyclic N) is 1. The number of aliphatic hydroxyl groups excluding tert-OH is 1. The Balaban J connectivity index is 2.47. The molecule has 0 bridgehead atoms. The molecule has 1 amide bonds. The number of carbonyl (C=O) groups is 1. The van der Waals surface area contributed by atoms with Gasteiger partial charge in [-0.1, -0.05) is 19.1 Å². The minimum atomic E-state index is -0.828. The Bertz CT molecular complexity index is 467. The lowest BCUT2D eigenvalue weighted by Crippen LogP contribution is -2.55. The molecule has 6 heteroatoms. The van der Waals surface area contributed by atoms with Gasteiger partial charge in [0.05, 0.1) is 12.6 Å². The van der Waals surface area contributed by atoms with E-state index >= 15 is 0 Å². The average molecular weight is 296 g/mol. The van der Waals surface area contributed by atoms with E-state index in [1.54, 1.807) is 26.2 Å². The van der Waals surface area contributed by atoms with Crippen molar-refractivity contribution in [1.29, 1.82) is 0 Å². The monoisotopic (exact) mass is 296 g/mol. The molecule has 118 valence electrons. The van der Waals surface area contributed by atoms with E-state index in [2.05, 4.69) is 5.32 Å². The topological polar surface area (TPSA) is 93.8 Å². The number of ether oxygens (including phenoxy) is 2. The first-order valence-electron chi connectivity index (χ1n) is 6.91. The molecule has 0 aliphatic rings. The van der Waals surface area contributed by atoms with E-state index in [9.17, 15) is 9.90 Å². The van der Waals surface area contributed by atoms with Crippen LogP contribution in [-0.2, 0) is 4.79 Å². The number of carbonyl (C=O) groups excluding carboxylic acids is 1. The molecule has 0 saturated heterocycles. The number of benzene rings is 1. The maximum Gasteiger partial charge on any atom is 0.237 e. The van der Waals surface area contributed by atoms with Gasteiger partial charge in [0.15, 0.2) is 11.5 Å². The van der Waals surface area contributed by atoms with Crippen molar-refractivity contribution in [2.45, 2.75) is 31.9 Å². The van der Waals surface area contributed by atoms with Crippen molar-refractivity contribution in [3.8, 4) is 11.5 Å². The summed E-state index contributed by atoms with van der Waals surface area (Å²) < 4.78 is 10.7. The Morgan fingerprint density at radius 3 is 2.57 bits per heavy atom. The lowest BCUT2D eigenvalue weighted by atomic mass is 9.98. The first-order chi connectivity index (χ1) is 9.92. The van der Waals surface area contributed by atoms with Crippen molar-refractivity contribution < 1.29 is 19.4 Å². The van der Waals surface area contributed by atoms with E-state index in [0.717, 1.165) is 0 Å². The summed E-state index contributed by atoms with van der Waals surface area (Å²) in [6, 6.07) is 7.20. The quantitative estimate of drug-likeness (QED) is 0.623. The Hall–Kier alpha value is -1.79. The predicted molar refractivity (Wildman–Crippen MR) is 80.4 cm³/mol. The standard InChI is InChI=1S/C15H24N2O4/c1-4-15(2,14(16)19)17-9-11(18)10-21-13-8-6-5-7-12(13)20-3/h5-8,11,17-18H,4,9-10H2,1-3H3,(H2,16,19). The van der Waals surface area contributed by atoms with E-state index in [-0.39, 0.29) is 13.2 Å². The summed E-state index contributed by atoms with van der Waals surface area (Å²) in [4.78, 5) is 11.4. The second-order valence-electron chi connectivity index (χ2n) is 5.05. The zero-order valence-electron chi connectivity index (χ0n) is 12.8. The van der Waals surface area contributed by atoms with Crippen LogP contribution in [0.1, 0.15) is 20.3 Å². The predicted octanol–water partition coefficient (Wildman–Crippen LogP) is 0.678. The number of hydrogen-bond donors (Lipinski definition) is 3. The third-order valence-corrected chi connectivity index (χ3v) is 3.48. The van der Waals surface area contributed by atoms with Crippen LogP contribution in [0.5, 0.6) is 11.5 Å². The van der Waals surface area contributed by atoms with Crippen LogP contribution in [0.3, 0.4) is 0 Å². The van der Waals surface area contributed by atoms with Gasteiger partial charge in [-0.2, -0.15) is 0 Å². The number of primary amides is 1. The average Bonchev–Trinajstić information content (AvgIpc) is 2.50. The minimum Gasteiger partial charge on any atom is -0.493 e. The number of rotatable bonds is 9. The van der Waals surface area contributed by atoms with Crippen LogP contribution in [-0.4, -0.2) is 42.9 Å². The van der Waals surface area contributed by atoms with Gasteiger partial charge in [0.2, 0.25) is 5.91 Å². The smallest absolute Gasteiger partial charge is 0.237 e. The van der Waals surface area contributed by atoms with Gasteiger partial charge in [-0.25, -0.2) is 0 Å². The van der Waals surface area contributed by atoms with Gasteiger partial charge in [0, 0.05) is 6.54 Å². The van der Waals surface area contributed by atoms with Crippen molar-refractivity contribution in [2.24, 2.45) is 5.73 Å².